The number of halogens is 1. The lowest BCUT2D eigenvalue weighted by atomic mass is 10.0. The van der Waals surface area contributed by atoms with Gasteiger partial charge in [0.05, 0.1) is 0 Å². The molecule has 0 heterocycles. The van der Waals surface area contributed by atoms with Gasteiger partial charge >= 0.3 is 0 Å². The molecule has 0 radical (unpaired) electrons. The van der Waals surface area contributed by atoms with Crippen molar-refractivity contribution in [3.8, 4) is 0 Å². The molecule has 0 aromatic rings. The SMILES string of the molecule is CCNC(=NCC(CC)CC)NCCCC(=O)NC1CC1.I. The van der Waals surface area contributed by atoms with Crippen LogP contribution in [0.4, 0.5) is 0 Å². The van der Waals surface area contributed by atoms with Crippen molar-refractivity contribution in [1.29, 1.82) is 0 Å². The van der Waals surface area contributed by atoms with Gasteiger partial charge in [0.25, 0.3) is 0 Å². The predicted molar refractivity (Wildman–Crippen MR) is 104 cm³/mol. The predicted octanol–water partition coefficient (Wildman–Crippen LogP) is 2.65. The Hall–Kier alpha value is -0.530. The molecule has 0 spiro atoms. The van der Waals surface area contributed by atoms with E-state index in [4.69, 9.17) is 0 Å². The first-order valence-corrected chi connectivity index (χ1v) is 8.51. The molecule has 1 saturated carbocycles. The molecule has 6 heteroatoms. The van der Waals surface area contributed by atoms with Crippen molar-refractivity contribution in [1.82, 2.24) is 16.0 Å². The van der Waals surface area contributed by atoms with Crippen LogP contribution in [0.3, 0.4) is 0 Å². The zero-order chi connectivity index (χ0) is 15.5. The molecular weight excluding hydrogens is 391 g/mol. The van der Waals surface area contributed by atoms with Crippen molar-refractivity contribution >= 4 is 35.8 Å². The third-order valence-corrected chi connectivity index (χ3v) is 3.82. The van der Waals surface area contributed by atoms with E-state index in [-0.39, 0.29) is 29.9 Å². The van der Waals surface area contributed by atoms with E-state index in [0.717, 1.165) is 44.9 Å². The van der Waals surface area contributed by atoms with Gasteiger partial charge in [0, 0.05) is 32.1 Å². The second kappa shape index (κ2) is 13.0. The van der Waals surface area contributed by atoms with Crippen molar-refractivity contribution in [3.05, 3.63) is 0 Å². The Labute approximate surface area is 152 Å². The summed E-state index contributed by atoms with van der Waals surface area (Å²) >= 11 is 0. The maximum Gasteiger partial charge on any atom is 0.220 e. The number of amides is 1. The normalized spacial score (nSPS) is 14.5. The Morgan fingerprint density at radius 2 is 1.86 bits per heavy atom. The zero-order valence-electron chi connectivity index (χ0n) is 14.3. The number of hydrogen-bond acceptors (Lipinski definition) is 2. The fraction of sp³-hybridized carbons (Fsp3) is 0.875. The van der Waals surface area contributed by atoms with Crippen LogP contribution in [0.25, 0.3) is 0 Å². The van der Waals surface area contributed by atoms with Gasteiger partial charge in [0.2, 0.25) is 5.91 Å². The lowest BCUT2D eigenvalue weighted by molar-refractivity contribution is -0.121. The van der Waals surface area contributed by atoms with Crippen LogP contribution in [-0.4, -0.2) is 37.5 Å². The average Bonchev–Trinajstić information content (AvgIpc) is 3.28. The molecule has 1 rings (SSSR count). The Balaban J connectivity index is 0.00000441. The van der Waals surface area contributed by atoms with Crippen LogP contribution in [0.1, 0.15) is 59.3 Å². The molecule has 0 aliphatic heterocycles. The second-order valence-electron chi connectivity index (χ2n) is 5.77. The van der Waals surface area contributed by atoms with Crippen LogP contribution < -0.4 is 16.0 Å². The van der Waals surface area contributed by atoms with Gasteiger partial charge in [-0.2, -0.15) is 0 Å². The van der Waals surface area contributed by atoms with Gasteiger partial charge in [-0.05, 0) is 32.1 Å². The third-order valence-electron chi connectivity index (χ3n) is 3.82. The standard InChI is InChI=1S/C16H32N4O.HI/c1-4-13(5-2)12-19-16(17-6-3)18-11-7-8-15(21)20-14-9-10-14;/h13-14H,4-12H2,1-3H3,(H,20,21)(H2,17,18,19);1H. The molecule has 0 aromatic carbocycles. The minimum atomic E-state index is 0. The van der Waals surface area contributed by atoms with E-state index in [1.54, 1.807) is 0 Å². The van der Waals surface area contributed by atoms with Gasteiger partial charge in [-0.25, -0.2) is 0 Å². The lowest BCUT2D eigenvalue weighted by Crippen LogP contribution is -2.38. The van der Waals surface area contributed by atoms with Crippen LogP contribution in [0.2, 0.25) is 0 Å². The van der Waals surface area contributed by atoms with Gasteiger partial charge < -0.3 is 16.0 Å². The molecule has 0 atom stereocenters. The molecule has 1 amide bonds. The van der Waals surface area contributed by atoms with E-state index in [1.165, 1.54) is 12.8 Å². The molecule has 1 aliphatic rings. The van der Waals surface area contributed by atoms with Gasteiger partial charge in [0.15, 0.2) is 5.96 Å². The molecule has 0 bridgehead atoms. The summed E-state index contributed by atoms with van der Waals surface area (Å²) in [4.78, 5) is 16.2. The van der Waals surface area contributed by atoms with E-state index in [9.17, 15) is 4.79 Å². The monoisotopic (exact) mass is 424 g/mol. The Kier molecular flexibility index (Phi) is 12.6. The van der Waals surface area contributed by atoms with Crippen LogP contribution in [0.5, 0.6) is 0 Å². The Bertz CT molecular complexity index is 328. The van der Waals surface area contributed by atoms with Gasteiger partial charge in [-0.15, -0.1) is 24.0 Å². The molecule has 0 unspecified atom stereocenters. The number of nitrogens with zero attached hydrogens (tertiary/aromatic N) is 1. The summed E-state index contributed by atoms with van der Waals surface area (Å²) in [6.45, 7) is 9.00. The molecule has 22 heavy (non-hydrogen) atoms. The third kappa shape index (κ3) is 10.2. The number of aliphatic imine (C=N–C) groups is 1. The summed E-state index contributed by atoms with van der Waals surface area (Å²) in [6, 6.07) is 0.462. The molecule has 130 valence electrons. The average molecular weight is 424 g/mol. The van der Waals surface area contributed by atoms with E-state index in [2.05, 4.69) is 41.7 Å². The summed E-state index contributed by atoms with van der Waals surface area (Å²) in [5.74, 6) is 1.70. The van der Waals surface area contributed by atoms with Gasteiger partial charge in [0.1, 0.15) is 0 Å². The number of carbonyl (C=O) groups is 1. The van der Waals surface area contributed by atoms with Crippen molar-refractivity contribution in [2.45, 2.75) is 65.3 Å². The van der Waals surface area contributed by atoms with E-state index >= 15 is 0 Å². The fourth-order valence-electron chi connectivity index (χ4n) is 2.09. The highest BCUT2D eigenvalue weighted by Crippen LogP contribution is 2.18. The molecule has 3 N–H and O–H groups in total. The second-order valence-corrected chi connectivity index (χ2v) is 5.77. The number of carbonyl (C=O) groups excluding carboxylic acids is 1. The van der Waals surface area contributed by atoms with Crippen LogP contribution in [0.15, 0.2) is 4.99 Å². The smallest absolute Gasteiger partial charge is 0.220 e. The maximum atomic E-state index is 11.6. The number of hydrogen-bond donors (Lipinski definition) is 3. The van der Waals surface area contributed by atoms with Crippen molar-refractivity contribution in [2.24, 2.45) is 10.9 Å². The number of rotatable bonds is 10. The lowest BCUT2D eigenvalue weighted by Gasteiger charge is -2.14. The summed E-state index contributed by atoms with van der Waals surface area (Å²) in [5.41, 5.74) is 0. The van der Waals surface area contributed by atoms with E-state index in [0.29, 0.717) is 18.4 Å². The zero-order valence-corrected chi connectivity index (χ0v) is 16.6. The summed E-state index contributed by atoms with van der Waals surface area (Å²) in [5, 5.41) is 9.57. The van der Waals surface area contributed by atoms with Crippen molar-refractivity contribution < 1.29 is 4.79 Å². The van der Waals surface area contributed by atoms with Crippen LogP contribution >= 0.6 is 24.0 Å². The van der Waals surface area contributed by atoms with Crippen LogP contribution in [0, 0.1) is 5.92 Å². The highest BCUT2D eigenvalue weighted by molar-refractivity contribution is 14.0. The maximum absolute atomic E-state index is 11.6. The van der Waals surface area contributed by atoms with Crippen LogP contribution in [-0.2, 0) is 4.79 Å². The minimum Gasteiger partial charge on any atom is -0.357 e. The number of guanidine groups is 1. The number of nitrogens with one attached hydrogen (secondary N) is 3. The highest BCUT2D eigenvalue weighted by atomic mass is 127. The quantitative estimate of drug-likeness (QED) is 0.219. The first-order valence-electron chi connectivity index (χ1n) is 8.51. The van der Waals surface area contributed by atoms with Crippen molar-refractivity contribution in [3.63, 3.8) is 0 Å². The molecule has 0 aromatic heterocycles. The Morgan fingerprint density at radius 3 is 2.41 bits per heavy atom. The Morgan fingerprint density at radius 1 is 1.18 bits per heavy atom. The molecule has 5 nitrogen and oxygen atoms in total. The first kappa shape index (κ1) is 21.5. The molecule has 1 fully saturated rings. The topological polar surface area (TPSA) is 65.5 Å². The summed E-state index contributed by atoms with van der Waals surface area (Å²) in [7, 11) is 0. The largest absolute Gasteiger partial charge is 0.357 e. The fourth-order valence-corrected chi connectivity index (χ4v) is 2.09. The highest BCUT2D eigenvalue weighted by Gasteiger charge is 2.22. The first-order chi connectivity index (χ1) is 10.2. The molecule has 1 aliphatic carbocycles. The minimum absolute atomic E-state index is 0. The summed E-state index contributed by atoms with van der Waals surface area (Å²) < 4.78 is 0. The van der Waals surface area contributed by atoms with E-state index in [1.807, 2.05) is 0 Å². The summed E-state index contributed by atoms with van der Waals surface area (Å²) in [6.07, 6.45) is 6.07. The van der Waals surface area contributed by atoms with Gasteiger partial charge in [-0.3, -0.25) is 9.79 Å². The van der Waals surface area contributed by atoms with E-state index < -0.39 is 0 Å². The molecular formula is C16H33IN4O. The van der Waals surface area contributed by atoms with Gasteiger partial charge in [-0.1, -0.05) is 26.7 Å². The van der Waals surface area contributed by atoms with Crippen molar-refractivity contribution in [2.75, 3.05) is 19.6 Å². The molecule has 0 saturated heterocycles.